The maximum absolute atomic E-state index is 12.1. The van der Waals surface area contributed by atoms with Crippen molar-refractivity contribution in [1.82, 2.24) is 10.2 Å². The minimum absolute atomic E-state index is 0.0557. The van der Waals surface area contributed by atoms with Crippen LogP contribution in [-0.4, -0.2) is 52.3 Å². The summed E-state index contributed by atoms with van der Waals surface area (Å²) in [4.78, 5) is 25.0. The molecule has 2 aliphatic carbocycles. The Bertz CT molecular complexity index is 493. The van der Waals surface area contributed by atoms with Gasteiger partial charge in [0.15, 0.2) is 0 Å². The number of hydrogen-bond acceptors (Lipinski definition) is 4. The van der Waals surface area contributed by atoms with E-state index in [2.05, 4.69) is 5.32 Å². The molecule has 0 aromatic heterocycles. The van der Waals surface area contributed by atoms with Gasteiger partial charge in [-0.1, -0.05) is 6.42 Å². The zero-order valence-electron chi connectivity index (χ0n) is 14.3. The lowest BCUT2D eigenvalue weighted by molar-refractivity contribution is -0.141. The van der Waals surface area contributed by atoms with Crippen LogP contribution in [0, 0.1) is 11.8 Å². The topological polar surface area (TPSA) is 78.9 Å². The minimum atomic E-state index is -0.815. The zero-order chi connectivity index (χ0) is 16.8. The predicted octanol–water partition coefficient (Wildman–Crippen LogP) is 2.23. The number of likely N-dealkylation sites (tertiary alicyclic amines) is 1. The average Bonchev–Trinajstić information content (AvgIpc) is 2.94. The van der Waals surface area contributed by atoms with E-state index in [4.69, 9.17) is 4.74 Å². The van der Waals surface area contributed by atoms with E-state index in [9.17, 15) is 14.7 Å². The van der Waals surface area contributed by atoms with Crippen molar-refractivity contribution >= 4 is 12.1 Å². The van der Waals surface area contributed by atoms with Gasteiger partial charge < -0.3 is 20.1 Å². The summed E-state index contributed by atoms with van der Waals surface area (Å²) in [5.41, 5.74) is -1.02. The highest BCUT2D eigenvalue weighted by Crippen LogP contribution is 2.45. The lowest BCUT2D eigenvalue weighted by Crippen LogP contribution is -2.73. The van der Waals surface area contributed by atoms with Gasteiger partial charge in [0.2, 0.25) is 0 Å². The second-order valence-electron chi connectivity index (χ2n) is 8.61. The van der Waals surface area contributed by atoms with Crippen LogP contribution < -0.4 is 5.32 Å². The van der Waals surface area contributed by atoms with Gasteiger partial charge in [-0.05, 0) is 51.9 Å². The molecule has 3 atom stereocenters. The molecule has 130 valence electrons. The summed E-state index contributed by atoms with van der Waals surface area (Å²) < 4.78 is 5.37. The molecule has 1 saturated heterocycles. The summed E-state index contributed by atoms with van der Waals surface area (Å²) in [6, 6.07) is 0.411. The third-order valence-electron chi connectivity index (χ3n) is 5.36. The Labute approximate surface area is 137 Å². The first-order chi connectivity index (χ1) is 10.7. The third-order valence-corrected chi connectivity index (χ3v) is 5.36. The molecule has 0 spiro atoms. The number of aliphatic carboxylic acids is 1. The molecule has 3 rings (SSSR count). The molecular weight excluding hydrogens is 296 g/mol. The molecule has 1 aliphatic heterocycles. The number of hydrogen-bond donors (Lipinski definition) is 2. The fraction of sp³-hybridized carbons (Fsp3) is 0.882. The van der Waals surface area contributed by atoms with Crippen LogP contribution in [0.25, 0.3) is 0 Å². The lowest BCUT2D eigenvalue weighted by Gasteiger charge is -2.51. The van der Waals surface area contributed by atoms with Crippen molar-refractivity contribution in [3.63, 3.8) is 0 Å². The Morgan fingerprint density at radius 2 is 1.96 bits per heavy atom. The molecular formula is C17H28N2O4. The summed E-state index contributed by atoms with van der Waals surface area (Å²) in [7, 11) is 0. The van der Waals surface area contributed by atoms with E-state index in [0.29, 0.717) is 25.0 Å². The van der Waals surface area contributed by atoms with Crippen LogP contribution in [0.15, 0.2) is 0 Å². The van der Waals surface area contributed by atoms with Gasteiger partial charge in [-0.25, -0.2) is 4.79 Å². The Morgan fingerprint density at radius 1 is 1.26 bits per heavy atom. The molecule has 23 heavy (non-hydrogen) atoms. The fourth-order valence-electron chi connectivity index (χ4n) is 4.50. The van der Waals surface area contributed by atoms with E-state index in [-0.39, 0.29) is 12.5 Å². The summed E-state index contributed by atoms with van der Waals surface area (Å²) >= 11 is 0. The molecule has 0 aromatic rings. The van der Waals surface area contributed by atoms with Crippen molar-refractivity contribution in [3.05, 3.63) is 0 Å². The number of carboxylic acids is 1. The van der Waals surface area contributed by atoms with Gasteiger partial charge in [-0.15, -0.1) is 0 Å². The van der Waals surface area contributed by atoms with Crippen molar-refractivity contribution < 1.29 is 19.4 Å². The maximum atomic E-state index is 12.1. The summed E-state index contributed by atoms with van der Waals surface area (Å²) in [6.45, 7) is 6.35. The van der Waals surface area contributed by atoms with Crippen LogP contribution >= 0.6 is 0 Å². The molecule has 6 heteroatoms. The molecule has 2 N–H and O–H groups in total. The number of nitrogens with zero attached hydrogens (tertiary/aromatic N) is 1. The number of carbonyl (C=O) groups excluding carboxylic acids is 1. The van der Waals surface area contributed by atoms with E-state index < -0.39 is 17.1 Å². The molecule has 3 unspecified atom stereocenters. The van der Waals surface area contributed by atoms with E-state index in [1.807, 2.05) is 20.8 Å². The molecule has 2 bridgehead atoms. The van der Waals surface area contributed by atoms with Gasteiger partial charge >= 0.3 is 12.1 Å². The number of nitrogens with one attached hydrogen (secondary N) is 1. The van der Waals surface area contributed by atoms with Gasteiger partial charge in [-0.3, -0.25) is 4.79 Å². The monoisotopic (exact) mass is 324 g/mol. The average molecular weight is 324 g/mol. The van der Waals surface area contributed by atoms with Crippen molar-refractivity contribution in [1.29, 1.82) is 0 Å². The predicted molar refractivity (Wildman–Crippen MR) is 85.2 cm³/mol. The molecule has 0 radical (unpaired) electrons. The molecule has 2 saturated carbocycles. The van der Waals surface area contributed by atoms with Gasteiger partial charge in [-0.2, -0.15) is 0 Å². The van der Waals surface area contributed by atoms with Crippen LogP contribution in [-0.2, 0) is 9.53 Å². The van der Waals surface area contributed by atoms with Crippen LogP contribution in [0.2, 0.25) is 0 Å². The lowest BCUT2D eigenvalue weighted by atomic mass is 9.83. The van der Waals surface area contributed by atoms with Crippen LogP contribution in [0.3, 0.4) is 0 Å². The fourth-order valence-corrected chi connectivity index (χ4v) is 4.50. The SMILES string of the molecule is CC(C)(C)OC(=O)N1CC(CC(=O)O)(NC2CC3CCC2C3)C1. The number of fused-ring (bicyclic) bond motifs is 2. The normalized spacial score (nSPS) is 31.8. The highest BCUT2D eigenvalue weighted by Gasteiger charge is 2.51. The van der Waals surface area contributed by atoms with Crippen molar-refractivity contribution in [2.75, 3.05) is 13.1 Å². The van der Waals surface area contributed by atoms with E-state index in [1.54, 1.807) is 4.90 Å². The molecule has 6 nitrogen and oxygen atoms in total. The second-order valence-corrected chi connectivity index (χ2v) is 8.61. The van der Waals surface area contributed by atoms with Crippen molar-refractivity contribution in [3.8, 4) is 0 Å². The highest BCUT2D eigenvalue weighted by atomic mass is 16.6. The van der Waals surface area contributed by atoms with Gasteiger partial charge in [0.25, 0.3) is 0 Å². The standard InChI is InChI=1S/C17H28N2O4/c1-16(2,3)23-15(22)19-9-17(10-19,8-14(20)21)18-13-7-11-4-5-12(13)6-11/h11-13,18H,4-10H2,1-3H3,(H,20,21). The molecule has 3 fully saturated rings. The zero-order valence-corrected chi connectivity index (χ0v) is 14.3. The second kappa shape index (κ2) is 5.65. The Kier molecular flexibility index (Phi) is 4.07. The molecule has 1 amide bonds. The Morgan fingerprint density at radius 3 is 2.43 bits per heavy atom. The third kappa shape index (κ3) is 3.62. The first kappa shape index (κ1) is 16.6. The number of rotatable bonds is 4. The van der Waals surface area contributed by atoms with Crippen LogP contribution in [0.5, 0.6) is 0 Å². The smallest absolute Gasteiger partial charge is 0.410 e. The van der Waals surface area contributed by atoms with Crippen LogP contribution in [0.1, 0.15) is 52.9 Å². The summed E-state index contributed by atoms with van der Waals surface area (Å²) in [5.74, 6) is 0.673. The number of ether oxygens (including phenoxy) is 1. The first-order valence-corrected chi connectivity index (χ1v) is 8.63. The number of carbonyl (C=O) groups is 2. The minimum Gasteiger partial charge on any atom is -0.481 e. The molecule has 1 heterocycles. The molecule has 0 aromatic carbocycles. The number of carboxylic acid groups (broad SMARTS) is 1. The molecule has 3 aliphatic rings. The largest absolute Gasteiger partial charge is 0.481 e. The van der Waals surface area contributed by atoms with Gasteiger partial charge in [0, 0.05) is 19.1 Å². The maximum Gasteiger partial charge on any atom is 0.410 e. The van der Waals surface area contributed by atoms with Gasteiger partial charge in [0.1, 0.15) is 5.60 Å². The number of amides is 1. The van der Waals surface area contributed by atoms with Gasteiger partial charge in [0.05, 0.1) is 12.0 Å². The Hall–Kier alpha value is -1.30. The van der Waals surface area contributed by atoms with Crippen molar-refractivity contribution in [2.45, 2.75) is 70.1 Å². The summed E-state index contributed by atoms with van der Waals surface area (Å²) in [5, 5.41) is 12.9. The Balaban J connectivity index is 1.59. The van der Waals surface area contributed by atoms with E-state index in [0.717, 1.165) is 12.3 Å². The van der Waals surface area contributed by atoms with Crippen LogP contribution in [0.4, 0.5) is 4.79 Å². The highest BCUT2D eigenvalue weighted by molar-refractivity contribution is 5.73. The van der Waals surface area contributed by atoms with E-state index in [1.165, 1.54) is 19.3 Å². The van der Waals surface area contributed by atoms with E-state index >= 15 is 0 Å². The first-order valence-electron chi connectivity index (χ1n) is 8.63. The van der Waals surface area contributed by atoms with Crippen molar-refractivity contribution in [2.24, 2.45) is 11.8 Å². The quantitative estimate of drug-likeness (QED) is 0.829. The summed E-state index contributed by atoms with van der Waals surface area (Å²) in [6.07, 6.45) is 4.70.